The van der Waals surface area contributed by atoms with Crippen LogP contribution in [0.25, 0.3) is 0 Å². The summed E-state index contributed by atoms with van der Waals surface area (Å²) in [6, 6.07) is 0. The van der Waals surface area contributed by atoms with Gasteiger partial charge in [-0.05, 0) is 0 Å². The van der Waals surface area contributed by atoms with Gasteiger partial charge in [-0.1, -0.05) is 0 Å². The Kier molecular flexibility index (Phi) is 116. The largest absolute Gasteiger partial charge is 0 e. The summed E-state index contributed by atoms with van der Waals surface area (Å²) in [6.45, 7) is 0. The van der Waals surface area contributed by atoms with Crippen molar-refractivity contribution in [2.75, 3.05) is 0 Å². The van der Waals surface area contributed by atoms with E-state index in [2.05, 4.69) is 0 Å². The van der Waals surface area contributed by atoms with Gasteiger partial charge in [0.25, 0.3) is 0 Å². The van der Waals surface area contributed by atoms with Crippen molar-refractivity contribution in [2.24, 2.45) is 0 Å². The van der Waals surface area contributed by atoms with Gasteiger partial charge in [0.05, 0.1) is 0 Å². The maximum absolute atomic E-state index is 0. The van der Waals surface area contributed by atoms with Crippen LogP contribution in [0.2, 0.25) is 0 Å². The summed E-state index contributed by atoms with van der Waals surface area (Å²) in [5, 5.41) is 0. The van der Waals surface area contributed by atoms with E-state index >= 15 is 0 Å². The van der Waals surface area contributed by atoms with Gasteiger partial charge in [0.15, 0.2) is 0 Å². The summed E-state index contributed by atoms with van der Waals surface area (Å²) in [6.07, 6.45) is 0. The molecule has 0 N–H and O–H groups in total. The van der Waals surface area contributed by atoms with Crippen LogP contribution in [-0.4, -0.2) is 0 Å². The number of hydrogen-bond acceptors (Lipinski definition) is 0. The first-order valence-corrected chi connectivity index (χ1v) is 0. The van der Waals surface area contributed by atoms with Crippen LogP contribution in [0.3, 0.4) is 0 Å². The third-order valence-electron chi connectivity index (χ3n) is 0. The normalized spacial score (nSPS) is 0. The Bertz CT molecular complexity index is 8.00. The predicted molar refractivity (Wildman–Crippen MR) is 0 cm³/mol. The van der Waals surface area contributed by atoms with Gasteiger partial charge in [0, 0.05) is 94.8 Å². The molecule has 0 amide bonds. The summed E-state index contributed by atoms with van der Waals surface area (Å²) < 4.78 is 0. The first kappa shape index (κ1) is 27.9. The predicted octanol–water partition coefficient (Wildman–Crippen LogP) is -0.00750. The van der Waals surface area contributed by atoms with E-state index in [0.717, 1.165) is 0 Å². The summed E-state index contributed by atoms with van der Waals surface area (Å²) in [4.78, 5) is 0. The van der Waals surface area contributed by atoms with Crippen molar-refractivity contribution < 1.29 is 94.8 Å². The topological polar surface area (TPSA) is 0 Å². The summed E-state index contributed by atoms with van der Waals surface area (Å²) in [7, 11) is 0. The van der Waals surface area contributed by atoms with E-state index < -0.39 is 0 Å². The molecule has 4 heteroatoms. The zero-order valence-electron chi connectivity index (χ0n) is 1.82. The molecule has 0 rings (SSSR count). The van der Waals surface area contributed by atoms with Crippen LogP contribution < -0.4 is 0 Å². The fourth-order valence-electron chi connectivity index (χ4n) is 0. The molecule has 0 aliphatic heterocycles. The molecule has 27 valence electrons. The molecule has 0 heterocycles. The van der Waals surface area contributed by atoms with Gasteiger partial charge in [-0.25, -0.2) is 0 Å². The third kappa shape index (κ3) is 8.89. The summed E-state index contributed by atoms with van der Waals surface area (Å²) >= 11 is 0. The molecule has 0 bridgehead atoms. The second kappa shape index (κ2) is 16.6. The Labute approximate surface area is 92.8 Å². The third-order valence-corrected chi connectivity index (χ3v) is 0. The Morgan fingerprint density at radius 2 is 1.00 bits per heavy atom. The molecule has 0 saturated carbocycles. The quantitative estimate of drug-likeness (QED) is 0.549. The van der Waals surface area contributed by atoms with Gasteiger partial charge in [0.2, 0.25) is 0 Å². The molecular weight excluding hydrogens is 328 g/mol. The van der Waals surface area contributed by atoms with Crippen LogP contribution in [0.5, 0.6) is 0 Å². The molecule has 0 spiro atoms. The van der Waals surface area contributed by atoms with Gasteiger partial charge in [-0.3, -0.25) is 0 Å². The van der Waals surface area contributed by atoms with Gasteiger partial charge >= 0.3 is 0 Å². The van der Waals surface area contributed by atoms with E-state index in [4.69, 9.17) is 0 Å². The first-order valence-electron chi connectivity index (χ1n) is 0. The van der Waals surface area contributed by atoms with E-state index in [0.29, 0.717) is 0 Å². The van der Waals surface area contributed by atoms with Crippen LogP contribution >= 0.6 is 0 Å². The molecule has 0 nitrogen and oxygen atoms in total. The molecular formula is CeCuNiZn. The zero-order valence-corrected chi connectivity index (χ0v) is 9.86. The van der Waals surface area contributed by atoms with Crippen LogP contribution in [0.15, 0.2) is 0 Å². The van der Waals surface area contributed by atoms with Crippen molar-refractivity contribution in [3.63, 3.8) is 0 Å². The molecule has 0 aliphatic rings. The average Bonchev–Trinajstić information content (AvgIpc) is 0. The Balaban J connectivity index is 0. The smallest absolute Gasteiger partial charge is 0 e. The first-order chi connectivity index (χ1) is 0. The van der Waals surface area contributed by atoms with Crippen LogP contribution in [0.4, 0.5) is 0 Å². The second-order valence-electron chi connectivity index (χ2n) is 0. The van der Waals surface area contributed by atoms with Crippen molar-refractivity contribution in [3.05, 3.63) is 0 Å². The maximum atomic E-state index is 0. The van der Waals surface area contributed by atoms with Crippen molar-refractivity contribution in [1.82, 2.24) is 0 Å². The molecule has 0 aromatic heterocycles. The van der Waals surface area contributed by atoms with Crippen molar-refractivity contribution in [3.8, 4) is 0 Å². The molecule has 0 aromatic carbocycles. The SMILES string of the molecule is [Ce].[Cu].[Ni].[Zn]. The fraction of sp³-hybridized carbons (Fsp3) is 0. The van der Waals surface area contributed by atoms with Crippen LogP contribution in [-0.2, 0) is 53.0 Å². The molecule has 0 unspecified atom stereocenters. The Hall–Kier alpha value is 3.01. The van der Waals surface area contributed by atoms with Gasteiger partial charge < -0.3 is 0 Å². The van der Waals surface area contributed by atoms with Gasteiger partial charge in [-0.15, -0.1) is 0 Å². The van der Waals surface area contributed by atoms with Crippen molar-refractivity contribution >= 4 is 0 Å². The Morgan fingerprint density at radius 3 is 1.00 bits per heavy atom. The monoisotopic (exact) mass is 325 g/mol. The van der Waals surface area contributed by atoms with E-state index in [1.54, 1.807) is 0 Å². The summed E-state index contributed by atoms with van der Waals surface area (Å²) in [5.41, 5.74) is 0. The van der Waals surface area contributed by atoms with Crippen LogP contribution in [0, 0.1) is 41.7 Å². The molecule has 1 radical (unpaired) electrons. The molecule has 0 fully saturated rings. The Morgan fingerprint density at radius 1 is 1.00 bits per heavy atom. The van der Waals surface area contributed by atoms with Crippen molar-refractivity contribution in [1.29, 1.82) is 0 Å². The number of rotatable bonds is 0. The fourth-order valence-corrected chi connectivity index (χ4v) is 0. The minimum Gasteiger partial charge on any atom is 0 e. The minimum absolute atomic E-state index is 0. The van der Waals surface area contributed by atoms with Gasteiger partial charge in [-0.2, -0.15) is 0 Å². The van der Waals surface area contributed by atoms with E-state index in [9.17, 15) is 0 Å². The maximum Gasteiger partial charge on any atom is 0 e. The molecule has 0 atom stereocenters. The van der Waals surface area contributed by atoms with E-state index in [-0.39, 0.29) is 94.8 Å². The second-order valence-corrected chi connectivity index (χ2v) is 0. The van der Waals surface area contributed by atoms with Gasteiger partial charge in [0.1, 0.15) is 0 Å². The molecule has 0 saturated heterocycles. The molecule has 0 aliphatic carbocycles. The van der Waals surface area contributed by atoms with Crippen LogP contribution in [0.1, 0.15) is 0 Å². The average molecular weight is 328 g/mol. The summed E-state index contributed by atoms with van der Waals surface area (Å²) in [5.74, 6) is 0. The minimum atomic E-state index is 0. The van der Waals surface area contributed by atoms with Crippen molar-refractivity contribution in [2.45, 2.75) is 0 Å². The van der Waals surface area contributed by atoms with E-state index in [1.165, 1.54) is 0 Å². The zero-order chi connectivity index (χ0) is 0. The molecule has 4 heavy (non-hydrogen) atoms. The standard InChI is InChI=1S/Ce.Cu.Ni.Zn. The molecule has 0 aromatic rings. The van der Waals surface area contributed by atoms with E-state index in [1.807, 2.05) is 0 Å². The number of hydrogen-bond donors (Lipinski definition) is 0.